The van der Waals surface area contributed by atoms with Crippen molar-refractivity contribution in [1.82, 2.24) is 4.98 Å². The maximum Gasteiger partial charge on any atom is 0.227 e. The molecule has 0 aliphatic carbocycles. The fourth-order valence-corrected chi connectivity index (χ4v) is 9.25. The minimum Gasteiger partial charge on any atom is -0.436 e. The summed E-state index contributed by atoms with van der Waals surface area (Å²) in [4.78, 5) is 7.34. The summed E-state index contributed by atoms with van der Waals surface area (Å²) < 4.78 is 11.3. The van der Waals surface area contributed by atoms with Gasteiger partial charge in [0.2, 0.25) is 5.89 Å². The first-order chi connectivity index (χ1) is 23.8. The maximum absolute atomic E-state index is 6.23. The van der Waals surface area contributed by atoms with E-state index in [0.717, 1.165) is 39.1 Å². The molecule has 0 aliphatic heterocycles. The van der Waals surface area contributed by atoms with E-state index in [1.54, 1.807) is 0 Å². The zero-order valence-electron chi connectivity index (χ0n) is 25.6. The van der Waals surface area contributed by atoms with E-state index in [-0.39, 0.29) is 0 Å². The molecule has 5 heteroatoms. The lowest BCUT2D eigenvalue weighted by molar-refractivity contribution is 0.620. The smallest absolute Gasteiger partial charge is 0.227 e. The van der Waals surface area contributed by atoms with Gasteiger partial charge in [-0.3, -0.25) is 0 Å². The summed E-state index contributed by atoms with van der Waals surface area (Å²) in [5, 5.41) is 4.98. The quantitative estimate of drug-likeness (QED) is 0.186. The van der Waals surface area contributed by atoms with E-state index in [1.807, 2.05) is 53.0 Å². The molecule has 0 atom stereocenters. The van der Waals surface area contributed by atoms with E-state index < -0.39 is 0 Å². The molecule has 0 saturated heterocycles. The summed E-state index contributed by atoms with van der Waals surface area (Å²) in [5.74, 6) is 0.652. The molecule has 0 aliphatic rings. The molecule has 0 amide bonds. The second kappa shape index (κ2) is 10.9. The van der Waals surface area contributed by atoms with Gasteiger partial charge in [0, 0.05) is 63.0 Å². The molecule has 3 nitrogen and oxygen atoms in total. The molecule has 10 aromatic rings. The van der Waals surface area contributed by atoms with Crippen molar-refractivity contribution >= 4 is 91.2 Å². The van der Waals surface area contributed by atoms with Crippen LogP contribution in [0.4, 0.5) is 17.1 Å². The number of nitrogens with zero attached hydrogens (tertiary/aromatic N) is 2. The van der Waals surface area contributed by atoms with E-state index in [0.29, 0.717) is 5.89 Å². The molecule has 0 fully saturated rings. The SMILES string of the molecule is c1ccc(-c2nc3c(ccc4sc5c(-c6ccc(N(c7ccccc7)c7ccc8c(c7)sc7ccccc78)cc6)cccc5c43)o2)cc1. The van der Waals surface area contributed by atoms with Crippen LogP contribution in [0.1, 0.15) is 0 Å². The Morgan fingerprint density at radius 1 is 0.479 bits per heavy atom. The number of hydrogen-bond acceptors (Lipinski definition) is 5. The lowest BCUT2D eigenvalue weighted by atomic mass is 10.0. The fraction of sp³-hybridized carbons (Fsp3) is 0. The Hall–Kier alpha value is -5.75. The maximum atomic E-state index is 6.23. The van der Waals surface area contributed by atoms with Crippen molar-refractivity contribution in [2.75, 3.05) is 4.90 Å². The van der Waals surface area contributed by atoms with Crippen molar-refractivity contribution in [3.63, 3.8) is 0 Å². The van der Waals surface area contributed by atoms with Crippen LogP contribution in [-0.4, -0.2) is 4.98 Å². The third-order valence-electron chi connectivity index (χ3n) is 9.11. The van der Waals surface area contributed by atoms with Crippen LogP contribution < -0.4 is 4.90 Å². The molecule has 10 rings (SSSR count). The third kappa shape index (κ3) is 4.36. The van der Waals surface area contributed by atoms with Gasteiger partial charge in [0.25, 0.3) is 0 Å². The normalized spacial score (nSPS) is 11.8. The van der Waals surface area contributed by atoms with Gasteiger partial charge in [-0.05, 0) is 77.9 Å². The zero-order chi connectivity index (χ0) is 31.6. The van der Waals surface area contributed by atoms with Gasteiger partial charge >= 0.3 is 0 Å². The predicted octanol–water partition coefficient (Wildman–Crippen LogP) is 13.4. The number of thiophene rings is 2. The molecule has 0 saturated carbocycles. The third-order valence-corrected chi connectivity index (χ3v) is 11.4. The highest BCUT2D eigenvalue weighted by Crippen LogP contribution is 2.45. The lowest BCUT2D eigenvalue weighted by Gasteiger charge is -2.25. The number of benzene rings is 7. The van der Waals surface area contributed by atoms with Crippen LogP contribution in [-0.2, 0) is 0 Å². The highest BCUT2D eigenvalue weighted by atomic mass is 32.1. The van der Waals surface area contributed by atoms with Crippen LogP contribution in [0.2, 0.25) is 0 Å². The van der Waals surface area contributed by atoms with Crippen molar-refractivity contribution in [3.8, 4) is 22.6 Å². The van der Waals surface area contributed by atoms with Crippen LogP contribution in [0.3, 0.4) is 0 Å². The number of rotatable bonds is 5. The van der Waals surface area contributed by atoms with Crippen molar-refractivity contribution in [1.29, 1.82) is 0 Å². The number of oxazole rings is 1. The average molecular weight is 651 g/mol. The Morgan fingerprint density at radius 3 is 2.04 bits per heavy atom. The molecule has 226 valence electrons. The van der Waals surface area contributed by atoms with Crippen LogP contribution in [0.5, 0.6) is 0 Å². The van der Waals surface area contributed by atoms with Crippen LogP contribution in [0.25, 0.3) is 74.0 Å². The summed E-state index contributed by atoms with van der Waals surface area (Å²) in [6, 6.07) is 56.0. The molecule has 7 aromatic carbocycles. The van der Waals surface area contributed by atoms with E-state index in [4.69, 9.17) is 9.40 Å². The molecule has 0 unspecified atom stereocenters. The van der Waals surface area contributed by atoms with Gasteiger partial charge in [0.1, 0.15) is 5.52 Å². The van der Waals surface area contributed by atoms with Crippen molar-refractivity contribution in [3.05, 3.63) is 158 Å². The summed E-state index contributed by atoms with van der Waals surface area (Å²) in [6.45, 7) is 0. The monoisotopic (exact) mass is 650 g/mol. The van der Waals surface area contributed by atoms with Crippen molar-refractivity contribution < 1.29 is 4.42 Å². The summed E-state index contributed by atoms with van der Waals surface area (Å²) >= 11 is 3.67. The molecule has 0 bridgehead atoms. The number of para-hydroxylation sites is 1. The summed E-state index contributed by atoms with van der Waals surface area (Å²) in [7, 11) is 0. The van der Waals surface area contributed by atoms with Gasteiger partial charge in [-0.1, -0.05) is 91.0 Å². The molecule has 3 aromatic heterocycles. The summed E-state index contributed by atoms with van der Waals surface area (Å²) in [5.41, 5.74) is 8.50. The van der Waals surface area contributed by atoms with Crippen LogP contribution in [0.15, 0.2) is 162 Å². The van der Waals surface area contributed by atoms with Crippen LogP contribution in [0, 0.1) is 0 Å². The van der Waals surface area contributed by atoms with Crippen molar-refractivity contribution in [2.45, 2.75) is 0 Å². The Morgan fingerprint density at radius 2 is 1.19 bits per heavy atom. The van der Waals surface area contributed by atoms with E-state index in [1.165, 1.54) is 46.1 Å². The highest BCUT2D eigenvalue weighted by molar-refractivity contribution is 7.26. The Labute approximate surface area is 284 Å². The first-order valence-corrected chi connectivity index (χ1v) is 17.6. The number of fused-ring (bicyclic) bond motifs is 8. The number of aromatic nitrogens is 1. The molecular formula is C43H26N2OS2. The van der Waals surface area contributed by atoms with Gasteiger partial charge in [0.15, 0.2) is 5.58 Å². The van der Waals surface area contributed by atoms with Crippen LogP contribution >= 0.6 is 22.7 Å². The Kier molecular flexibility index (Phi) is 6.22. The van der Waals surface area contributed by atoms with E-state index in [9.17, 15) is 0 Å². The second-order valence-corrected chi connectivity index (χ2v) is 14.1. The molecule has 0 radical (unpaired) electrons. The number of anilines is 3. The topological polar surface area (TPSA) is 29.3 Å². The summed E-state index contributed by atoms with van der Waals surface area (Å²) in [6.07, 6.45) is 0. The standard InChI is InChI=1S/C43H26N2OS2/c1-3-10-28(11-4-1)43-44-41-36(46-43)24-25-38-40(41)35-16-9-15-32(42(35)48-38)27-18-20-30(21-19-27)45(29-12-5-2-6-13-29)31-22-23-34-33-14-7-8-17-37(33)47-39(34)26-31/h1-26H. The highest BCUT2D eigenvalue weighted by Gasteiger charge is 2.18. The predicted molar refractivity (Wildman–Crippen MR) is 205 cm³/mol. The first kappa shape index (κ1) is 27.4. The van der Waals surface area contributed by atoms with Gasteiger partial charge in [-0.15, -0.1) is 22.7 Å². The minimum atomic E-state index is 0.652. The number of hydrogen-bond donors (Lipinski definition) is 0. The molecular weight excluding hydrogens is 625 g/mol. The molecule has 3 heterocycles. The molecule has 0 N–H and O–H groups in total. The van der Waals surface area contributed by atoms with E-state index in [2.05, 4.69) is 132 Å². The Balaban J connectivity index is 1.08. The van der Waals surface area contributed by atoms with Gasteiger partial charge < -0.3 is 9.32 Å². The second-order valence-electron chi connectivity index (χ2n) is 12.0. The van der Waals surface area contributed by atoms with Crippen molar-refractivity contribution in [2.24, 2.45) is 0 Å². The molecule has 0 spiro atoms. The average Bonchev–Trinajstić information content (AvgIpc) is 3.86. The van der Waals surface area contributed by atoms with E-state index >= 15 is 0 Å². The lowest BCUT2D eigenvalue weighted by Crippen LogP contribution is -2.09. The first-order valence-electron chi connectivity index (χ1n) is 16.0. The van der Waals surface area contributed by atoms with Gasteiger partial charge in [0.05, 0.1) is 0 Å². The zero-order valence-corrected chi connectivity index (χ0v) is 27.3. The van der Waals surface area contributed by atoms with Gasteiger partial charge in [-0.25, -0.2) is 4.98 Å². The van der Waals surface area contributed by atoms with Gasteiger partial charge in [-0.2, -0.15) is 0 Å². The molecule has 48 heavy (non-hydrogen) atoms. The minimum absolute atomic E-state index is 0.652. The fourth-order valence-electron chi connectivity index (χ4n) is 6.87. The largest absolute Gasteiger partial charge is 0.436 e. The Bertz CT molecular complexity index is 2780.